The molecule has 2 aromatic carbocycles. The maximum atomic E-state index is 12.3. The first-order valence-corrected chi connectivity index (χ1v) is 8.23. The van der Waals surface area contributed by atoms with Gasteiger partial charge < -0.3 is 19.4 Å². The van der Waals surface area contributed by atoms with Crippen LogP contribution in [0.3, 0.4) is 0 Å². The lowest BCUT2D eigenvalue weighted by atomic mass is 10.2. The number of nitrogens with zero attached hydrogens (tertiary/aromatic N) is 2. The van der Waals surface area contributed by atoms with Gasteiger partial charge in [-0.15, -0.1) is 0 Å². The topological polar surface area (TPSA) is 82.4 Å². The van der Waals surface area contributed by atoms with Crippen molar-refractivity contribution in [2.75, 3.05) is 12.4 Å². The zero-order chi connectivity index (χ0) is 19.4. The Hall–Kier alpha value is -3.61. The summed E-state index contributed by atoms with van der Waals surface area (Å²) >= 11 is 0. The van der Waals surface area contributed by atoms with Crippen molar-refractivity contribution in [2.24, 2.45) is 7.05 Å². The van der Waals surface area contributed by atoms with E-state index in [1.54, 1.807) is 36.7 Å². The van der Waals surface area contributed by atoms with Crippen molar-refractivity contribution in [2.45, 2.75) is 6.92 Å². The van der Waals surface area contributed by atoms with E-state index in [1.165, 1.54) is 20.1 Å². The third-order valence-electron chi connectivity index (χ3n) is 3.88. The summed E-state index contributed by atoms with van der Waals surface area (Å²) in [5.41, 5.74) is 2.98. The van der Waals surface area contributed by atoms with Crippen LogP contribution in [0.5, 0.6) is 11.5 Å². The predicted octanol–water partition coefficient (Wildman–Crippen LogP) is 3.16. The lowest BCUT2D eigenvalue weighted by molar-refractivity contribution is -0.132. The Bertz CT molecular complexity index is 1040. The van der Waals surface area contributed by atoms with E-state index < -0.39 is 5.97 Å². The number of ether oxygens (including phenoxy) is 2. The van der Waals surface area contributed by atoms with Crippen molar-refractivity contribution in [3.05, 3.63) is 54.4 Å². The summed E-state index contributed by atoms with van der Waals surface area (Å²) in [5.74, 6) is -0.00641. The number of rotatable bonds is 5. The molecule has 3 rings (SSSR count). The minimum atomic E-state index is -0.448. The Labute approximate surface area is 156 Å². The second-order valence-electron chi connectivity index (χ2n) is 5.86. The normalized spacial score (nSPS) is 10.9. The van der Waals surface area contributed by atoms with E-state index in [0.717, 1.165) is 11.0 Å². The molecule has 0 spiro atoms. The number of aromatic nitrogens is 2. The van der Waals surface area contributed by atoms with Crippen molar-refractivity contribution in [1.82, 2.24) is 9.55 Å². The number of esters is 1. The van der Waals surface area contributed by atoms with Crippen LogP contribution < -0.4 is 14.8 Å². The summed E-state index contributed by atoms with van der Waals surface area (Å²) < 4.78 is 12.2. The monoisotopic (exact) mass is 365 g/mol. The number of nitrogens with one attached hydrogen (secondary N) is 1. The third kappa shape index (κ3) is 4.14. The molecule has 1 heterocycles. The summed E-state index contributed by atoms with van der Waals surface area (Å²) in [5, 5.41) is 2.83. The SMILES string of the molecule is COc1ccc(/C=C/C(=O)Nc2cccc3c2ncn3C)cc1OC(C)=O. The summed E-state index contributed by atoms with van der Waals surface area (Å²) in [4.78, 5) is 27.8. The predicted molar refractivity (Wildman–Crippen MR) is 103 cm³/mol. The summed E-state index contributed by atoms with van der Waals surface area (Å²) in [7, 11) is 3.38. The summed E-state index contributed by atoms with van der Waals surface area (Å²) in [6.45, 7) is 1.31. The fourth-order valence-corrected chi connectivity index (χ4v) is 2.64. The molecule has 0 bridgehead atoms. The van der Waals surface area contributed by atoms with Gasteiger partial charge in [0.05, 0.1) is 24.6 Å². The highest BCUT2D eigenvalue weighted by atomic mass is 16.6. The highest BCUT2D eigenvalue weighted by Crippen LogP contribution is 2.28. The van der Waals surface area contributed by atoms with Crippen molar-refractivity contribution in [3.63, 3.8) is 0 Å². The molecule has 7 heteroatoms. The molecule has 1 aromatic heterocycles. The van der Waals surface area contributed by atoms with Crippen LogP contribution in [0.4, 0.5) is 5.69 Å². The number of imidazole rings is 1. The number of methoxy groups -OCH3 is 1. The molecule has 0 fully saturated rings. The van der Waals surface area contributed by atoms with Gasteiger partial charge in [0, 0.05) is 20.0 Å². The summed E-state index contributed by atoms with van der Waals surface area (Å²) in [6, 6.07) is 10.6. The quantitative estimate of drug-likeness (QED) is 0.427. The molecule has 0 aliphatic heterocycles. The molecule has 0 saturated carbocycles. The maximum absolute atomic E-state index is 12.3. The first-order chi connectivity index (χ1) is 13.0. The second-order valence-corrected chi connectivity index (χ2v) is 5.86. The molecule has 0 aliphatic carbocycles. The standard InChI is InChI=1S/C20H19N3O4/c1-13(24)27-18-11-14(7-9-17(18)26-3)8-10-19(25)22-15-5-4-6-16-20(15)21-12-23(16)2/h4-12H,1-3H3,(H,22,25)/b10-8+. The van der Waals surface area contributed by atoms with Crippen LogP contribution >= 0.6 is 0 Å². The van der Waals surface area contributed by atoms with E-state index in [2.05, 4.69) is 10.3 Å². The Morgan fingerprint density at radius 1 is 1.19 bits per heavy atom. The molecule has 7 nitrogen and oxygen atoms in total. The minimum Gasteiger partial charge on any atom is -0.493 e. The number of carbonyl (C=O) groups excluding carboxylic acids is 2. The van der Waals surface area contributed by atoms with Gasteiger partial charge in [-0.2, -0.15) is 0 Å². The van der Waals surface area contributed by atoms with Crippen molar-refractivity contribution in [1.29, 1.82) is 0 Å². The molecule has 3 aromatic rings. The molecule has 27 heavy (non-hydrogen) atoms. The zero-order valence-corrected chi connectivity index (χ0v) is 15.2. The van der Waals surface area contributed by atoms with Crippen LogP contribution in [0.25, 0.3) is 17.1 Å². The number of para-hydroxylation sites is 1. The fourth-order valence-electron chi connectivity index (χ4n) is 2.64. The molecular formula is C20H19N3O4. The van der Waals surface area contributed by atoms with Gasteiger partial charge in [0.2, 0.25) is 5.91 Å². The highest BCUT2D eigenvalue weighted by molar-refractivity contribution is 6.06. The van der Waals surface area contributed by atoms with Crippen molar-refractivity contribution in [3.8, 4) is 11.5 Å². The van der Waals surface area contributed by atoms with Crippen molar-refractivity contribution >= 4 is 34.7 Å². The summed E-state index contributed by atoms with van der Waals surface area (Å²) in [6.07, 6.45) is 4.73. The molecule has 1 N–H and O–H groups in total. The molecular weight excluding hydrogens is 346 g/mol. The van der Waals surface area contributed by atoms with Crippen LogP contribution in [-0.4, -0.2) is 28.5 Å². The zero-order valence-electron chi connectivity index (χ0n) is 15.2. The van der Waals surface area contributed by atoms with Gasteiger partial charge in [-0.25, -0.2) is 4.98 Å². The molecule has 0 unspecified atom stereocenters. The largest absolute Gasteiger partial charge is 0.493 e. The Morgan fingerprint density at radius 2 is 2.00 bits per heavy atom. The number of anilines is 1. The average Bonchev–Trinajstić information content (AvgIpc) is 3.02. The number of hydrogen-bond donors (Lipinski definition) is 1. The Kier molecular flexibility index (Phi) is 5.21. The van der Waals surface area contributed by atoms with Gasteiger partial charge in [0.25, 0.3) is 0 Å². The van der Waals surface area contributed by atoms with Crippen LogP contribution in [0.15, 0.2) is 48.8 Å². The van der Waals surface area contributed by atoms with Crippen LogP contribution in [-0.2, 0) is 16.6 Å². The van der Waals surface area contributed by atoms with Gasteiger partial charge in [-0.05, 0) is 35.9 Å². The smallest absolute Gasteiger partial charge is 0.308 e. The second kappa shape index (κ2) is 7.74. The number of amides is 1. The number of fused-ring (bicyclic) bond motifs is 1. The van der Waals surface area contributed by atoms with Gasteiger partial charge in [0.1, 0.15) is 5.52 Å². The first kappa shape index (κ1) is 18.2. The van der Waals surface area contributed by atoms with E-state index in [0.29, 0.717) is 22.7 Å². The molecule has 0 saturated heterocycles. The minimum absolute atomic E-state index is 0.294. The van der Waals surface area contributed by atoms with E-state index in [9.17, 15) is 9.59 Å². The van der Waals surface area contributed by atoms with Crippen LogP contribution in [0.2, 0.25) is 0 Å². The highest BCUT2D eigenvalue weighted by Gasteiger charge is 2.09. The van der Waals surface area contributed by atoms with Crippen molar-refractivity contribution < 1.29 is 19.1 Å². The van der Waals surface area contributed by atoms with E-state index in [1.807, 2.05) is 23.7 Å². The molecule has 0 atom stereocenters. The Balaban J connectivity index is 1.77. The van der Waals surface area contributed by atoms with E-state index >= 15 is 0 Å². The Morgan fingerprint density at radius 3 is 2.74 bits per heavy atom. The fraction of sp³-hybridized carbons (Fsp3) is 0.150. The molecule has 1 amide bonds. The lowest BCUT2D eigenvalue weighted by Crippen LogP contribution is -2.08. The van der Waals surface area contributed by atoms with Gasteiger partial charge >= 0.3 is 5.97 Å². The molecule has 0 aliphatic rings. The van der Waals surface area contributed by atoms with E-state index in [4.69, 9.17) is 9.47 Å². The number of aryl methyl sites for hydroxylation is 1. The average molecular weight is 365 g/mol. The lowest BCUT2D eigenvalue weighted by Gasteiger charge is -2.08. The number of hydrogen-bond acceptors (Lipinski definition) is 5. The van der Waals surface area contributed by atoms with E-state index in [-0.39, 0.29) is 5.91 Å². The molecule has 0 radical (unpaired) electrons. The van der Waals surface area contributed by atoms with Gasteiger partial charge in [-0.1, -0.05) is 12.1 Å². The van der Waals surface area contributed by atoms with Gasteiger partial charge in [0.15, 0.2) is 11.5 Å². The number of carbonyl (C=O) groups is 2. The first-order valence-electron chi connectivity index (χ1n) is 8.23. The molecule has 138 valence electrons. The number of benzene rings is 2. The van der Waals surface area contributed by atoms with Crippen LogP contribution in [0, 0.1) is 0 Å². The van der Waals surface area contributed by atoms with Crippen LogP contribution in [0.1, 0.15) is 12.5 Å². The maximum Gasteiger partial charge on any atom is 0.308 e. The third-order valence-corrected chi connectivity index (χ3v) is 3.88. The van der Waals surface area contributed by atoms with Gasteiger partial charge in [-0.3, -0.25) is 9.59 Å².